The molecule has 6 heteroatoms. The fourth-order valence-corrected chi connectivity index (χ4v) is 3.07. The Labute approximate surface area is 121 Å². The summed E-state index contributed by atoms with van der Waals surface area (Å²) in [5, 5.41) is 11.2. The molecule has 0 spiro atoms. The molecule has 1 atom stereocenters. The van der Waals surface area contributed by atoms with E-state index in [2.05, 4.69) is 20.9 Å². The molecule has 0 saturated carbocycles. The van der Waals surface area contributed by atoms with Gasteiger partial charge < -0.3 is 5.11 Å². The monoisotopic (exact) mass is 351 g/mol. The number of rotatable bonds is 3. The molecule has 0 aliphatic rings. The number of aliphatic hydroxyl groups is 1. The molecule has 1 unspecified atom stereocenters. The zero-order valence-corrected chi connectivity index (χ0v) is 12.4. The lowest BCUT2D eigenvalue weighted by Gasteiger charge is -2.09. The van der Waals surface area contributed by atoms with E-state index >= 15 is 0 Å². The highest BCUT2D eigenvalue weighted by Crippen LogP contribution is 2.29. The maximum absolute atomic E-state index is 10.00. The van der Waals surface area contributed by atoms with Crippen molar-refractivity contribution >= 4 is 50.5 Å². The minimum absolute atomic E-state index is 0.427. The molecular weight excluding hydrogens is 345 g/mol. The van der Waals surface area contributed by atoms with E-state index in [4.69, 9.17) is 23.2 Å². The standard InChI is InChI=1S/C11H8BrCl2NOS/c12-7-2-1-6(8(13)4-7)3-9(16)11-15-5-10(14)17-11/h1-2,4-5,9,16H,3H2. The second kappa shape index (κ2) is 5.67. The van der Waals surface area contributed by atoms with Gasteiger partial charge >= 0.3 is 0 Å². The van der Waals surface area contributed by atoms with Crippen LogP contribution in [0.4, 0.5) is 0 Å². The predicted molar refractivity (Wildman–Crippen MR) is 74.9 cm³/mol. The van der Waals surface area contributed by atoms with Crippen LogP contribution in [0.2, 0.25) is 9.36 Å². The van der Waals surface area contributed by atoms with Crippen LogP contribution in [0.1, 0.15) is 16.7 Å². The molecular formula is C11H8BrCl2NOS. The van der Waals surface area contributed by atoms with Gasteiger partial charge in [0.1, 0.15) is 15.4 Å². The summed E-state index contributed by atoms with van der Waals surface area (Å²) in [7, 11) is 0. The Morgan fingerprint density at radius 2 is 2.18 bits per heavy atom. The third kappa shape index (κ3) is 3.42. The summed E-state index contributed by atoms with van der Waals surface area (Å²) in [4.78, 5) is 4.04. The largest absolute Gasteiger partial charge is 0.386 e. The summed E-state index contributed by atoms with van der Waals surface area (Å²) >= 11 is 16.5. The number of hydrogen-bond acceptors (Lipinski definition) is 3. The fourth-order valence-electron chi connectivity index (χ4n) is 1.40. The van der Waals surface area contributed by atoms with Gasteiger partial charge in [0.25, 0.3) is 0 Å². The summed E-state index contributed by atoms with van der Waals surface area (Å²) in [6.07, 6.45) is 1.29. The minimum Gasteiger partial charge on any atom is -0.386 e. The average molecular weight is 353 g/mol. The van der Waals surface area contributed by atoms with Crippen LogP contribution in [0.15, 0.2) is 28.9 Å². The first-order chi connectivity index (χ1) is 8.06. The Hall–Kier alpha value is -0.130. The molecule has 0 amide bonds. The third-order valence-electron chi connectivity index (χ3n) is 2.21. The van der Waals surface area contributed by atoms with Gasteiger partial charge in [-0.1, -0.05) is 45.2 Å². The number of nitrogens with zero attached hydrogens (tertiary/aromatic N) is 1. The van der Waals surface area contributed by atoms with Crippen molar-refractivity contribution in [3.05, 3.63) is 48.8 Å². The van der Waals surface area contributed by atoms with Crippen LogP contribution in [0.3, 0.4) is 0 Å². The lowest BCUT2D eigenvalue weighted by molar-refractivity contribution is 0.178. The summed E-state index contributed by atoms with van der Waals surface area (Å²) in [5.41, 5.74) is 0.883. The lowest BCUT2D eigenvalue weighted by Crippen LogP contribution is -2.01. The third-order valence-corrected chi connectivity index (χ3v) is 4.27. The van der Waals surface area contributed by atoms with E-state index in [1.165, 1.54) is 17.5 Å². The molecule has 1 aromatic heterocycles. The van der Waals surface area contributed by atoms with Crippen molar-refractivity contribution in [2.75, 3.05) is 0 Å². The van der Waals surface area contributed by atoms with E-state index in [-0.39, 0.29) is 0 Å². The van der Waals surface area contributed by atoms with Gasteiger partial charge in [-0.3, -0.25) is 0 Å². The minimum atomic E-state index is -0.675. The SMILES string of the molecule is OC(Cc1ccc(Br)cc1Cl)c1ncc(Cl)s1. The van der Waals surface area contributed by atoms with Gasteiger partial charge in [0.05, 0.1) is 6.20 Å². The predicted octanol–water partition coefficient (Wildman–Crippen LogP) is 4.49. The number of aliphatic hydroxyl groups excluding tert-OH is 1. The quantitative estimate of drug-likeness (QED) is 0.882. The molecule has 2 nitrogen and oxygen atoms in total. The van der Waals surface area contributed by atoms with E-state index < -0.39 is 6.10 Å². The topological polar surface area (TPSA) is 33.1 Å². The fraction of sp³-hybridized carbons (Fsp3) is 0.182. The number of aromatic nitrogens is 1. The number of thiazole rings is 1. The van der Waals surface area contributed by atoms with Gasteiger partial charge in [0.2, 0.25) is 0 Å². The maximum Gasteiger partial charge on any atom is 0.123 e. The molecule has 17 heavy (non-hydrogen) atoms. The Kier molecular flexibility index (Phi) is 4.44. The highest BCUT2D eigenvalue weighted by Gasteiger charge is 2.14. The van der Waals surface area contributed by atoms with Gasteiger partial charge in [0.15, 0.2) is 0 Å². The molecule has 90 valence electrons. The van der Waals surface area contributed by atoms with E-state index in [9.17, 15) is 5.11 Å². The van der Waals surface area contributed by atoms with Gasteiger partial charge in [-0.15, -0.1) is 11.3 Å². The van der Waals surface area contributed by atoms with Crippen LogP contribution in [0, 0.1) is 0 Å². The van der Waals surface area contributed by atoms with Crippen LogP contribution < -0.4 is 0 Å². The zero-order valence-electron chi connectivity index (χ0n) is 8.53. The highest BCUT2D eigenvalue weighted by molar-refractivity contribution is 9.10. The summed E-state index contributed by atoms with van der Waals surface area (Å²) in [6.45, 7) is 0. The Morgan fingerprint density at radius 3 is 2.76 bits per heavy atom. The van der Waals surface area contributed by atoms with Crippen LogP contribution in [-0.2, 0) is 6.42 Å². The second-order valence-corrected chi connectivity index (χ2v) is 6.47. The molecule has 2 aromatic rings. The first-order valence-corrected chi connectivity index (χ1v) is 7.16. The molecule has 0 bridgehead atoms. The van der Waals surface area contributed by atoms with Crippen molar-refractivity contribution in [1.29, 1.82) is 0 Å². The Balaban J connectivity index is 2.15. The van der Waals surface area contributed by atoms with Crippen molar-refractivity contribution in [3.63, 3.8) is 0 Å². The van der Waals surface area contributed by atoms with E-state index in [1.807, 2.05) is 12.1 Å². The summed E-state index contributed by atoms with van der Waals surface area (Å²) in [5.74, 6) is 0. The van der Waals surface area contributed by atoms with Crippen LogP contribution in [0.25, 0.3) is 0 Å². The highest BCUT2D eigenvalue weighted by atomic mass is 79.9. The van der Waals surface area contributed by atoms with Gasteiger partial charge in [-0.05, 0) is 17.7 Å². The Morgan fingerprint density at radius 1 is 1.41 bits per heavy atom. The molecule has 0 radical (unpaired) electrons. The number of benzene rings is 1. The van der Waals surface area contributed by atoms with E-state index in [0.29, 0.717) is 20.8 Å². The van der Waals surface area contributed by atoms with Crippen molar-refractivity contribution in [2.45, 2.75) is 12.5 Å². The molecule has 2 rings (SSSR count). The molecule has 1 aromatic carbocycles. The molecule has 0 aliphatic heterocycles. The first kappa shape index (κ1) is 13.3. The number of halogens is 3. The second-order valence-electron chi connectivity index (χ2n) is 3.46. The van der Waals surface area contributed by atoms with E-state index in [0.717, 1.165) is 10.0 Å². The molecule has 1 N–H and O–H groups in total. The molecule has 1 heterocycles. The van der Waals surface area contributed by atoms with Gasteiger partial charge in [-0.2, -0.15) is 0 Å². The summed E-state index contributed by atoms with van der Waals surface area (Å²) in [6, 6.07) is 5.58. The molecule has 0 saturated heterocycles. The van der Waals surface area contributed by atoms with Crippen LogP contribution in [0.5, 0.6) is 0 Å². The lowest BCUT2D eigenvalue weighted by atomic mass is 10.1. The summed E-state index contributed by atoms with van der Waals surface area (Å²) < 4.78 is 1.49. The van der Waals surface area contributed by atoms with Crippen LogP contribution >= 0.6 is 50.5 Å². The molecule has 0 aliphatic carbocycles. The van der Waals surface area contributed by atoms with Gasteiger partial charge in [-0.25, -0.2) is 4.98 Å². The normalized spacial score (nSPS) is 12.7. The van der Waals surface area contributed by atoms with Crippen molar-refractivity contribution in [1.82, 2.24) is 4.98 Å². The average Bonchev–Trinajstić information content (AvgIpc) is 2.69. The smallest absolute Gasteiger partial charge is 0.123 e. The van der Waals surface area contributed by atoms with Crippen molar-refractivity contribution < 1.29 is 5.11 Å². The van der Waals surface area contributed by atoms with E-state index in [1.54, 1.807) is 6.07 Å². The van der Waals surface area contributed by atoms with Crippen LogP contribution in [-0.4, -0.2) is 10.1 Å². The first-order valence-electron chi connectivity index (χ1n) is 4.79. The zero-order chi connectivity index (χ0) is 12.4. The van der Waals surface area contributed by atoms with Crippen molar-refractivity contribution in [3.8, 4) is 0 Å². The molecule has 0 fully saturated rings. The van der Waals surface area contributed by atoms with Crippen molar-refractivity contribution in [2.24, 2.45) is 0 Å². The van der Waals surface area contributed by atoms with Gasteiger partial charge in [0, 0.05) is 15.9 Å². The maximum atomic E-state index is 10.00. The number of hydrogen-bond donors (Lipinski definition) is 1. The Bertz CT molecular complexity index is 532.